The molecule has 5 nitrogen and oxygen atoms in total. The minimum atomic E-state index is 0.137. The second kappa shape index (κ2) is 6.12. The summed E-state index contributed by atoms with van der Waals surface area (Å²) in [5, 5.41) is 24.7. The molecule has 0 amide bonds. The van der Waals surface area contributed by atoms with Gasteiger partial charge in [0.2, 0.25) is 0 Å². The molecule has 0 atom stereocenters. The highest BCUT2D eigenvalue weighted by molar-refractivity contribution is 5.69. The topological polar surface area (TPSA) is 71.2 Å². The summed E-state index contributed by atoms with van der Waals surface area (Å²) in [5.74, 6) is 1.71. The Morgan fingerprint density at radius 1 is 0.913 bits per heavy atom. The highest BCUT2D eigenvalue weighted by Gasteiger charge is 2.18. The summed E-state index contributed by atoms with van der Waals surface area (Å²) in [6.07, 6.45) is 0. The Balaban J connectivity index is 2.15. The van der Waals surface area contributed by atoms with Crippen LogP contribution in [-0.2, 0) is 6.54 Å². The molecule has 0 aliphatic rings. The summed E-state index contributed by atoms with van der Waals surface area (Å²) in [5.41, 5.74) is 1.20. The minimum Gasteiger partial charge on any atom is -0.507 e. The molecular weight excluding hydrogens is 290 g/mol. The molecule has 118 valence electrons. The number of rotatable bonds is 4. The van der Waals surface area contributed by atoms with Crippen molar-refractivity contribution >= 4 is 0 Å². The van der Waals surface area contributed by atoms with Crippen LogP contribution in [0, 0.1) is 5.92 Å². The highest BCUT2D eigenvalue weighted by Crippen LogP contribution is 2.32. The second-order valence-corrected chi connectivity index (χ2v) is 5.87. The summed E-state index contributed by atoms with van der Waals surface area (Å²) >= 11 is 0. The summed E-state index contributed by atoms with van der Waals surface area (Å²) in [6.45, 7) is 4.86. The zero-order valence-corrected chi connectivity index (χ0v) is 13.1. The van der Waals surface area contributed by atoms with E-state index in [1.807, 2.05) is 18.2 Å². The van der Waals surface area contributed by atoms with Gasteiger partial charge in [0, 0.05) is 6.54 Å². The summed E-state index contributed by atoms with van der Waals surface area (Å²) in [7, 11) is 0. The fraction of sp³-hybridized carbons (Fsp3) is 0.222. The normalized spacial score (nSPS) is 11.1. The largest absolute Gasteiger partial charge is 0.507 e. The average Bonchev–Trinajstić information content (AvgIpc) is 2.91. The van der Waals surface area contributed by atoms with Crippen molar-refractivity contribution < 1.29 is 10.2 Å². The van der Waals surface area contributed by atoms with Gasteiger partial charge < -0.3 is 10.2 Å². The minimum absolute atomic E-state index is 0.137. The van der Waals surface area contributed by atoms with Crippen LogP contribution in [0.25, 0.3) is 22.8 Å². The number of aromatic nitrogens is 3. The van der Waals surface area contributed by atoms with E-state index in [1.54, 1.807) is 35.0 Å². The lowest BCUT2D eigenvalue weighted by Crippen LogP contribution is -2.08. The number of benzene rings is 2. The summed E-state index contributed by atoms with van der Waals surface area (Å²) in [6, 6.07) is 14.0. The fourth-order valence-electron chi connectivity index (χ4n) is 2.45. The molecule has 0 saturated carbocycles. The molecular formula is C18H19N3O2. The number of phenols is 2. The van der Waals surface area contributed by atoms with Gasteiger partial charge in [-0.2, -0.15) is 5.10 Å². The number of nitrogens with zero attached hydrogens (tertiary/aromatic N) is 3. The molecule has 3 rings (SSSR count). The lowest BCUT2D eigenvalue weighted by atomic mass is 10.1. The van der Waals surface area contributed by atoms with Gasteiger partial charge in [-0.25, -0.2) is 9.67 Å². The van der Waals surface area contributed by atoms with Crippen molar-refractivity contribution in [2.45, 2.75) is 20.4 Å². The van der Waals surface area contributed by atoms with Gasteiger partial charge in [0.15, 0.2) is 11.6 Å². The lowest BCUT2D eigenvalue weighted by molar-refractivity contribution is 0.468. The van der Waals surface area contributed by atoms with Gasteiger partial charge in [-0.05, 0) is 30.2 Å². The lowest BCUT2D eigenvalue weighted by Gasteiger charge is -2.09. The van der Waals surface area contributed by atoms with Crippen molar-refractivity contribution in [1.29, 1.82) is 0 Å². The predicted octanol–water partition coefficient (Wildman–Crippen LogP) is 3.68. The van der Waals surface area contributed by atoms with Crippen molar-refractivity contribution in [3.63, 3.8) is 0 Å². The molecule has 0 bridgehead atoms. The van der Waals surface area contributed by atoms with E-state index in [9.17, 15) is 10.2 Å². The highest BCUT2D eigenvalue weighted by atomic mass is 16.3. The molecule has 0 spiro atoms. The Morgan fingerprint density at radius 3 is 2.04 bits per heavy atom. The van der Waals surface area contributed by atoms with Crippen LogP contribution < -0.4 is 0 Å². The molecule has 1 aromatic heterocycles. The third kappa shape index (κ3) is 3.04. The van der Waals surface area contributed by atoms with E-state index >= 15 is 0 Å². The Morgan fingerprint density at radius 2 is 1.48 bits per heavy atom. The van der Waals surface area contributed by atoms with E-state index in [4.69, 9.17) is 0 Å². The molecule has 0 fully saturated rings. The Labute approximate surface area is 134 Å². The van der Waals surface area contributed by atoms with Gasteiger partial charge in [-0.1, -0.05) is 38.1 Å². The molecule has 2 N–H and O–H groups in total. The van der Waals surface area contributed by atoms with Crippen LogP contribution in [0.1, 0.15) is 13.8 Å². The van der Waals surface area contributed by atoms with E-state index in [-0.39, 0.29) is 11.5 Å². The van der Waals surface area contributed by atoms with Crippen molar-refractivity contribution in [2.75, 3.05) is 0 Å². The zero-order valence-electron chi connectivity index (χ0n) is 13.1. The summed E-state index contributed by atoms with van der Waals surface area (Å²) < 4.78 is 1.78. The SMILES string of the molecule is CC(C)Cn1nc(-c2ccccc2O)nc1-c1ccccc1O. The molecule has 2 aromatic carbocycles. The molecule has 5 heteroatoms. The molecule has 3 aromatic rings. The molecule has 1 heterocycles. The third-order valence-corrected chi connectivity index (χ3v) is 3.50. The van der Waals surface area contributed by atoms with Gasteiger partial charge in [-0.3, -0.25) is 0 Å². The molecule has 0 saturated heterocycles. The first-order valence-electron chi connectivity index (χ1n) is 7.58. The Hall–Kier alpha value is -2.82. The van der Waals surface area contributed by atoms with E-state index in [1.165, 1.54) is 0 Å². The molecule has 0 aliphatic carbocycles. The van der Waals surface area contributed by atoms with Gasteiger partial charge in [-0.15, -0.1) is 0 Å². The van der Waals surface area contributed by atoms with Gasteiger partial charge in [0.25, 0.3) is 0 Å². The monoisotopic (exact) mass is 309 g/mol. The first kappa shape index (κ1) is 15.1. The smallest absolute Gasteiger partial charge is 0.185 e. The third-order valence-electron chi connectivity index (χ3n) is 3.50. The van der Waals surface area contributed by atoms with Crippen molar-refractivity contribution in [2.24, 2.45) is 5.92 Å². The number of hydrogen-bond acceptors (Lipinski definition) is 4. The van der Waals surface area contributed by atoms with E-state index in [0.29, 0.717) is 35.2 Å². The molecule has 23 heavy (non-hydrogen) atoms. The van der Waals surface area contributed by atoms with E-state index in [0.717, 1.165) is 0 Å². The van der Waals surface area contributed by atoms with Gasteiger partial charge in [0.05, 0.1) is 11.1 Å². The Kier molecular flexibility index (Phi) is 4.02. The first-order valence-corrected chi connectivity index (χ1v) is 7.58. The summed E-state index contributed by atoms with van der Waals surface area (Å²) in [4.78, 5) is 4.56. The van der Waals surface area contributed by atoms with Crippen LogP contribution in [0.5, 0.6) is 11.5 Å². The van der Waals surface area contributed by atoms with Crippen LogP contribution >= 0.6 is 0 Å². The zero-order chi connectivity index (χ0) is 16.4. The average molecular weight is 309 g/mol. The van der Waals surface area contributed by atoms with E-state index < -0.39 is 0 Å². The fourth-order valence-corrected chi connectivity index (χ4v) is 2.45. The molecule has 0 radical (unpaired) electrons. The Bertz CT molecular complexity index is 825. The predicted molar refractivity (Wildman–Crippen MR) is 89.1 cm³/mol. The maximum Gasteiger partial charge on any atom is 0.185 e. The van der Waals surface area contributed by atoms with Crippen LogP contribution in [0.4, 0.5) is 0 Å². The van der Waals surface area contributed by atoms with Crippen LogP contribution in [0.15, 0.2) is 48.5 Å². The number of aromatic hydroxyl groups is 2. The first-order chi connectivity index (χ1) is 11.1. The molecule has 0 unspecified atom stereocenters. The second-order valence-electron chi connectivity index (χ2n) is 5.87. The maximum absolute atomic E-state index is 10.1. The number of hydrogen-bond donors (Lipinski definition) is 2. The van der Waals surface area contributed by atoms with Gasteiger partial charge >= 0.3 is 0 Å². The van der Waals surface area contributed by atoms with Gasteiger partial charge in [0.1, 0.15) is 11.5 Å². The van der Waals surface area contributed by atoms with Crippen molar-refractivity contribution in [3.8, 4) is 34.3 Å². The maximum atomic E-state index is 10.1. The van der Waals surface area contributed by atoms with Crippen LogP contribution in [-0.4, -0.2) is 25.0 Å². The van der Waals surface area contributed by atoms with E-state index in [2.05, 4.69) is 23.9 Å². The quantitative estimate of drug-likeness (QED) is 0.771. The van der Waals surface area contributed by atoms with Crippen molar-refractivity contribution in [1.82, 2.24) is 14.8 Å². The molecule has 0 aliphatic heterocycles. The number of para-hydroxylation sites is 2. The number of phenolic OH excluding ortho intramolecular Hbond substituents is 2. The standard InChI is InChI=1S/C18H19N3O2/c1-12(2)11-21-18(14-8-4-6-10-16(14)23)19-17(20-21)13-7-3-5-9-15(13)22/h3-10,12,22-23H,11H2,1-2H3. The van der Waals surface area contributed by atoms with Crippen molar-refractivity contribution in [3.05, 3.63) is 48.5 Å². The van der Waals surface area contributed by atoms with Crippen LogP contribution in [0.2, 0.25) is 0 Å². The van der Waals surface area contributed by atoms with Crippen LogP contribution in [0.3, 0.4) is 0 Å².